The van der Waals surface area contributed by atoms with E-state index in [1.165, 1.54) is 0 Å². The van der Waals surface area contributed by atoms with Gasteiger partial charge in [0.05, 0.1) is 5.52 Å². The molecule has 1 aromatic heterocycles. The zero-order valence-electron chi connectivity index (χ0n) is 10.0. The van der Waals surface area contributed by atoms with Gasteiger partial charge in [-0.2, -0.15) is 0 Å². The molecule has 0 aliphatic rings. The molecule has 0 saturated carbocycles. The normalized spacial score (nSPS) is 11.9. The van der Waals surface area contributed by atoms with Crippen molar-refractivity contribution in [3.8, 4) is 0 Å². The molecule has 0 aliphatic carbocycles. The number of fused-ring (bicyclic) bond motifs is 1. The van der Waals surface area contributed by atoms with E-state index in [1.54, 1.807) is 6.07 Å². The molecule has 0 aliphatic heterocycles. The highest BCUT2D eigenvalue weighted by Gasteiger charge is 2.09. The molecule has 0 atom stereocenters. The largest absolute Gasteiger partial charge is 0.417 e. The van der Waals surface area contributed by atoms with Gasteiger partial charge in [0, 0.05) is 23.8 Å². The van der Waals surface area contributed by atoms with Crippen molar-refractivity contribution in [3.05, 3.63) is 28.7 Å². The van der Waals surface area contributed by atoms with E-state index in [-0.39, 0.29) is 5.54 Å². The lowest BCUT2D eigenvalue weighted by Crippen LogP contribution is -2.34. The number of aromatic amines is 1. The molecule has 4 N–H and O–H groups in total. The van der Waals surface area contributed by atoms with Crippen LogP contribution < -0.4 is 16.8 Å². The molecule has 1 heterocycles. The second-order valence-electron chi connectivity index (χ2n) is 4.89. The van der Waals surface area contributed by atoms with Crippen LogP contribution in [0.4, 0.5) is 5.69 Å². The summed E-state index contributed by atoms with van der Waals surface area (Å²) in [5.41, 5.74) is 7.90. The molecule has 5 nitrogen and oxygen atoms in total. The first-order valence-corrected chi connectivity index (χ1v) is 5.60. The fraction of sp³-hybridized carbons (Fsp3) is 0.417. The van der Waals surface area contributed by atoms with Gasteiger partial charge in [-0.1, -0.05) is 0 Å². The maximum Gasteiger partial charge on any atom is 0.417 e. The van der Waals surface area contributed by atoms with E-state index in [4.69, 9.17) is 10.2 Å². The molecular weight excluding hydrogens is 218 g/mol. The topological polar surface area (TPSA) is 84.0 Å². The number of aromatic nitrogens is 1. The summed E-state index contributed by atoms with van der Waals surface area (Å²) in [5.74, 6) is -0.430. The van der Waals surface area contributed by atoms with E-state index in [0.29, 0.717) is 11.1 Å². The Hall–Kier alpha value is -1.75. The van der Waals surface area contributed by atoms with Crippen LogP contribution in [0.1, 0.15) is 20.3 Å². The van der Waals surface area contributed by atoms with Gasteiger partial charge in [0.2, 0.25) is 0 Å². The number of nitrogens with two attached hydrogens (primary N) is 1. The summed E-state index contributed by atoms with van der Waals surface area (Å²) in [6, 6.07) is 5.52. The zero-order chi connectivity index (χ0) is 12.5. The van der Waals surface area contributed by atoms with Gasteiger partial charge in [-0.15, -0.1) is 0 Å². The van der Waals surface area contributed by atoms with Crippen LogP contribution in [0.2, 0.25) is 0 Å². The van der Waals surface area contributed by atoms with Crippen molar-refractivity contribution in [1.29, 1.82) is 0 Å². The Balaban J connectivity index is 2.06. The fourth-order valence-corrected chi connectivity index (χ4v) is 1.58. The maximum atomic E-state index is 11.0. The third-order valence-corrected chi connectivity index (χ3v) is 2.52. The summed E-state index contributed by atoms with van der Waals surface area (Å²) >= 11 is 0. The number of benzene rings is 1. The number of hydrogen-bond acceptors (Lipinski definition) is 4. The molecule has 2 aromatic rings. The number of rotatable bonds is 4. The van der Waals surface area contributed by atoms with Crippen LogP contribution in [0.15, 0.2) is 27.4 Å². The standard InChI is InChI=1S/C12H17N3O2/c1-12(2,13)5-6-14-8-3-4-9-10(7-8)17-11(16)15-9/h3-4,7,14H,5-6,13H2,1-2H3,(H,15,16). The highest BCUT2D eigenvalue weighted by molar-refractivity contribution is 5.76. The first kappa shape index (κ1) is 11.7. The van der Waals surface area contributed by atoms with E-state index in [0.717, 1.165) is 18.7 Å². The summed E-state index contributed by atoms with van der Waals surface area (Å²) in [4.78, 5) is 13.6. The smallest absolute Gasteiger partial charge is 0.408 e. The third kappa shape index (κ3) is 3.10. The van der Waals surface area contributed by atoms with Crippen LogP contribution >= 0.6 is 0 Å². The van der Waals surface area contributed by atoms with Gasteiger partial charge >= 0.3 is 5.76 Å². The van der Waals surface area contributed by atoms with E-state index in [2.05, 4.69) is 10.3 Å². The van der Waals surface area contributed by atoms with Crippen molar-refractivity contribution < 1.29 is 4.42 Å². The Morgan fingerprint density at radius 1 is 1.47 bits per heavy atom. The van der Waals surface area contributed by atoms with Crippen LogP contribution in [-0.4, -0.2) is 17.1 Å². The van der Waals surface area contributed by atoms with Gasteiger partial charge in [-0.3, -0.25) is 4.98 Å². The van der Waals surface area contributed by atoms with Gasteiger partial charge < -0.3 is 15.5 Å². The molecule has 0 fully saturated rings. The average molecular weight is 235 g/mol. The second kappa shape index (κ2) is 4.25. The third-order valence-electron chi connectivity index (χ3n) is 2.52. The fourth-order valence-electron chi connectivity index (χ4n) is 1.58. The molecule has 92 valence electrons. The van der Waals surface area contributed by atoms with Gasteiger partial charge in [-0.25, -0.2) is 4.79 Å². The van der Waals surface area contributed by atoms with Crippen molar-refractivity contribution in [2.45, 2.75) is 25.8 Å². The predicted molar refractivity (Wildman–Crippen MR) is 68.2 cm³/mol. The molecule has 17 heavy (non-hydrogen) atoms. The monoisotopic (exact) mass is 235 g/mol. The average Bonchev–Trinajstić information content (AvgIpc) is 2.55. The molecule has 0 unspecified atom stereocenters. The van der Waals surface area contributed by atoms with Crippen molar-refractivity contribution in [2.24, 2.45) is 5.73 Å². The number of H-pyrrole nitrogens is 1. The summed E-state index contributed by atoms with van der Waals surface area (Å²) in [5, 5.41) is 3.25. The molecule has 0 bridgehead atoms. The van der Waals surface area contributed by atoms with Crippen LogP contribution in [0.3, 0.4) is 0 Å². The van der Waals surface area contributed by atoms with Gasteiger partial charge in [0.1, 0.15) is 0 Å². The Morgan fingerprint density at radius 2 is 2.24 bits per heavy atom. The van der Waals surface area contributed by atoms with Gasteiger partial charge in [0.15, 0.2) is 5.58 Å². The van der Waals surface area contributed by atoms with Crippen LogP contribution in [0.5, 0.6) is 0 Å². The Labute approximate surface area is 99.0 Å². The van der Waals surface area contributed by atoms with Gasteiger partial charge in [-0.05, 0) is 32.4 Å². The highest BCUT2D eigenvalue weighted by atomic mass is 16.4. The van der Waals surface area contributed by atoms with E-state index >= 15 is 0 Å². The number of nitrogens with one attached hydrogen (secondary N) is 2. The quantitative estimate of drug-likeness (QED) is 0.752. The molecule has 0 amide bonds. The molecule has 0 radical (unpaired) electrons. The summed E-state index contributed by atoms with van der Waals surface area (Å²) in [7, 11) is 0. The van der Waals surface area contributed by atoms with Crippen molar-refractivity contribution >= 4 is 16.8 Å². The maximum absolute atomic E-state index is 11.0. The van der Waals surface area contributed by atoms with Crippen LogP contribution in [0.25, 0.3) is 11.1 Å². The lowest BCUT2D eigenvalue weighted by molar-refractivity contribution is 0.491. The van der Waals surface area contributed by atoms with E-state index in [9.17, 15) is 4.79 Å². The van der Waals surface area contributed by atoms with E-state index in [1.807, 2.05) is 26.0 Å². The van der Waals surface area contributed by atoms with Crippen molar-refractivity contribution in [3.63, 3.8) is 0 Å². The minimum absolute atomic E-state index is 0.183. The lowest BCUT2D eigenvalue weighted by atomic mass is 10.0. The molecule has 0 saturated heterocycles. The Morgan fingerprint density at radius 3 is 2.94 bits per heavy atom. The zero-order valence-corrected chi connectivity index (χ0v) is 10.0. The Kier molecular flexibility index (Phi) is 2.93. The SMILES string of the molecule is CC(C)(N)CCNc1ccc2[nH]c(=O)oc2c1. The Bertz CT molecular complexity index is 563. The van der Waals surface area contributed by atoms with Crippen molar-refractivity contribution in [1.82, 2.24) is 4.98 Å². The van der Waals surface area contributed by atoms with E-state index < -0.39 is 5.76 Å². The first-order chi connectivity index (χ1) is 7.94. The van der Waals surface area contributed by atoms with Crippen molar-refractivity contribution in [2.75, 3.05) is 11.9 Å². The summed E-state index contributed by atoms with van der Waals surface area (Å²) in [6.45, 7) is 4.76. The lowest BCUT2D eigenvalue weighted by Gasteiger charge is -2.18. The number of oxazole rings is 1. The minimum atomic E-state index is -0.430. The molecule has 0 spiro atoms. The minimum Gasteiger partial charge on any atom is -0.408 e. The molecule has 5 heteroatoms. The summed E-state index contributed by atoms with van der Waals surface area (Å²) in [6.07, 6.45) is 0.863. The number of anilines is 1. The van der Waals surface area contributed by atoms with Crippen LogP contribution in [0, 0.1) is 0 Å². The molecule has 2 rings (SSSR count). The second-order valence-corrected chi connectivity index (χ2v) is 4.89. The molecular formula is C12H17N3O2. The first-order valence-electron chi connectivity index (χ1n) is 5.60. The highest BCUT2D eigenvalue weighted by Crippen LogP contribution is 2.16. The number of hydrogen-bond donors (Lipinski definition) is 3. The van der Waals surface area contributed by atoms with Crippen LogP contribution in [-0.2, 0) is 0 Å². The van der Waals surface area contributed by atoms with Gasteiger partial charge in [0.25, 0.3) is 0 Å². The molecule has 1 aromatic carbocycles. The summed E-state index contributed by atoms with van der Waals surface area (Å²) < 4.78 is 4.98. The predicted octanol–water partition coefficient (Wildman–Crippen LogP) is 1.66.